The standard InChI is InChI=1S/C15H18N4S/c1-18(8-7-12-5-3-2-4-6-12)14-13(11-16)19-9-10-20-15(19)17-14/h2-6,9-10H,7-8,11,16H2,1H3. The van der Waals surface area contributed by atoms with Crippen molar-refractivity contribution in [2.45, 2.75) is 13.0 Å². The smallest absolute Gasteiger partial charge is 0.195 e. The molecule has 2 aromatic heterocycles. The molecule has 0 saturated heterocycles. The quantitative estimate of drug-likeness (QED) is 0.784. The first-order valence-electron chi connectivity index (χ1n) is 6.69. The highest BCUT2D eigenvalue weighted by Gasteiger charge is 2.15. The van der Waals surface area contributed by atoms with Crippen LogP contribution in [-0.2, 0) is 13.0 Å². The first-order valence-corrected chi connectivity index (χ1v) is 7.57. The van der Waals surface area contributed by atoms with Crippen molar-refractivity contribution >= 4 is 22.1 Å². The summed E-state index contributed by atoms with van der Waals surface area (Å²) < 4.78 is 2.08. The van der Waals surface area contributed by atoms with Crippen LogP contribution in [0.15, 0.2) is 41.9 Å². The van der Waals surface area contributed by atoms with Crippen molar-refractivity contribution in [1.29, 1.82) is 0 Å². The van der Waals surface area contributed by atoms with Crippen LogP contribution in [0, 0.1) is 0 Å². The van der Waals surface area contributed by atoms with E-state index in [2.05, 4.69) is 45.6 Å². The van der Waals surface area contributed by atoms with Crippen LogP contribution in [0.4, 0.5) is 5.82 Å². The summed E-state index contributed by atoms with van der Waals surface area (Å²) in [5.41, 5.74) is 8.31. The lowest BCUT2D eigenvalue weighted by molar-refractivity contribution is 0.846. The third kappa shape index (κ3) is 2.42. The summed E-state index contributed by atoms with van der Waals surface area (Å²) >= 11 is 1.64. The second-order valence-electron chi connectivity index (χ2n) is 4.80. The normalized spacial score (nSPS) is 11.1. The molecule has 0 spiro atoms. The average Bonchev–Trinajstić information content (AvgIpc) is 3.06. The molecule has 3 rings (SSSR count). The Bertz CT molecular complexity index is 686. The third-order valence-electron chi connectivity index (χ3n) is 3.47. The molecule has 2 N–H and O–H groups in total. The van der Waals surface area contributed by atoms with Gasteiger partial charge >= 0.3 is 0 Å². The van der Waals surface area contributed by atoms with E-state index in [4.69, 9.17) is 5.73 Å². The molecule has 20 heavy (non-hydrogen) atoms. The molecule has 4 nitrogen and oxygen atoms in total. The van der Waals surface area contributed by atoms with E-state index in [1.807, 2.05) is 17.6 Å². The molecular formula is C15H18N4S. The van der Waals surface area contributed by atoms with Crippen LogP contribution in [0.2, 0.25) is 0 Å². The molecule has 0 radical (unpaired) electrons. The van der Waals surface area contributed by atoms with Gasteiger partial charge in [-0.15, -0.1) is 11.3 Å². The largest absolute Gasteiger partial charge is 0.358 e. The number of imidazole rings is 1. The van der Waals surface area contributed by atoms with Gasteiger partial charge in [0.1, 0.15) is 0 Å². The van der Waals surface area contributed by atoms with Gasteiger partial charge in [-0.1, -0.05) is 30.3 Å². The zero-order valence-corrected chi connectivity index (χ0v) is 12.3. The van der Waals surface area contributed by atoms with Crippen LogP contribution >= 0.6 is 11.3 Å². The number of fused-ring (bicyclic) bond motifs is 1. The number of hydrogen-bond acceptors (Lipinski definition) is 4. The first kappa shape index (κ1) is 13.1. The maximum atomic E-state index is 5.88. The second-order valence-corrected chi connectivity index (χ2v) is 5.67. The van der Waals surface area contributed by atoms with Crippen molar-refractivity contribution in [3.05, 3.63) is 53.2 Å². The van der Waals surface area contributed by atoms with E-state index in [1.165, 1.54) is 5.56 Å². The van der Waals surface area contributed by atoms with E-state index in [1.54, 1.807) is 11.3 Å². The van der Waals surface area contributed by atoms with E-state index in [0.717, 1.165) is 29.4 Å². The number of hydrogen-bond donors (Lipinski definition) is 1. The second kappa shape index (κ2) is 5.64. The monoisotopic (exact) mass is 286 g/mol. The minimum atomic E-state index is 0.503. The molecule has 104 valence electrons. The highest BCUT2D eigenvalue weighted by atomic mass is 32.1. The minimum absolute atomic E-state index is 0.503. The summed E-state index contributed by atoms with van der Waals surface area (Å²) in [6, 6.07) is 10.5. The van der Waals surface area contributed by atoms with Crippen molar-refractivity contribution < 1.29 is 0 Å². The van der Waals surface area contributed by atoms with Gasteiger partial charge in [0, 0.05) is 31.7 Å². The molecule has 0 saturated carbocycles. The van der Waals surface area contributed by atoms with Crippen LogP contribution in [0.5, 0.6) is 0 Å². The van der Waals surface area contributed by atoms with Crippen LogP contribution < -0.4 is 10.6 Å². The van der Waals surface area contributed by atoms with E-state index in [9.17, 15) is 0 Å². The van der Waals surface area contributed by atoms with E-state index >= 15 is 0 Å². The Morgan fingerprint density at radius 2 is 2.10 bits per heavy atom. The molecule has 5 heteroatoms. The molecule has 0 aliphatic rings. The van der Waals surface area contributed by atoms with Gasteiger partial charge in [0.25, 0.3) is 0 Å². The molecule has 0 amide bonds. The minimum Gasteiger partial charge on any atom is -0.358 e. The predicted molar refractivity (Wildman–Crippen MR) is 84.4 cm³/mol. The zero-order chi connectivity index (χ0) is 13.9. The lowest BCUT2D eigenvalue weighted by Gasteiger charge is -2.18. The van der Waals surface area contributed by atoms with Crippen molar-refractivity contribution in [2.75, 3.05) is 18.5 Å². The molecule has 0 aliphatic heterocycles. The Hall–Kier alpha value is -1.85. The number of aromatic nitrogens is 2. The van der Waals surface area contributed by atoms with Gasteiger partial charge in [-0.2, -0.15) is 0 Å². The van der Waals surface area contributed by atoms with Crippen LogP contribution in [0.25, 0.3) is 4.96 Å². The number of rotatable bonds is 5. The van der Waals surface area contributed by atoms with Crippen molar-refractivity contribution in [1.82, 2.24) is 9.38 Å². The fraction of sp³-hybridized carbons (Fsp3) is 0.267. The van der Waals surface area contributed by atoms with Crippen molar-refractivity contribution in [3.8, 4) is 0 Å². The molecule has 0 unspecified atom stereocenters. The van der Waals surface area contributed by atoms with Crippen molar-refractivity contribution in [3.63, 3.8) is 0 Å². The van der Waals surface area contributed by atoms with E-state index in [-0.39, 0.29) is 0 Å². The Balaban J connectivity index is 1.78. The van der Waals surface area contributed by atoms with Crippen LogP contribution in [0.1, 0.15) is 11.3 Å². The van der Waals surface area contributed by atoms with E-state index in [0.29, 0.717) is 6.54 Å². The van der Waals surface area contributed by atoms with Gasteiger partial charge in [0.05, 0.1) is 5.69 Å². The van der Waals surface area contributed by atoms with Gasteiger partial charge < -0.3 is 10.6 Å². The Morgan fingerprint density at radius 3 is 2.85 bits per heavy atom. The third-order valence-corrected chi connectivity index (χ3v) is 4.23. The lowest BCUT2D eigenvalue weighted by Crippen LogP contribution is -2.22. The lowest BCUT2D eigenvalue weighted by atomic mass is 10.1. The average molecular weight is 286 g/mol. The predicted octanol–water partition coefficient (Wildman–Crippen LogP) is 2.53. The number of anilines is 1. The van der Waals surface area contributed by atoms with Gasteiger partial charge in [-0.05, 0) is 12.0 Å². The Kier molecular flexibility index (Phi) is 3.71. The highest BCUT2D eigenvalue weighted by molar-refractivity contribution is 7.15. The zero-order valence-electron chi connectivity index (χ0n) is 11.5. The number of nitrogens with zero attached hydrogens (tertiary/aromatic N) is 3. The number of likely N-dealkylation sites (N-methyl/N-ethyl adjacent to an activating group) is 1. The topological polar surface area (TPSA) is 46.6 Å². The summed E-state index contributed by atoms with van der Waals surface area (Å²) in [5, 5.41) is 2.04. The summed E-state index contributed by atoms with van der Waals surface area (Å²) in [7, 11) is 2.08. The molecule has 0 atom stereocenters. The van der Waals surface area contributed by atoms with Gasteiger partial charge in [0.15, 0.2) is 10.8 Å². The molecule has 0 bridgehead atoms. The highest BCUT2D eigenvalue weighted by Crippen LogP contribution is 2.23. The number of thiazole rings is 1. The number of benzene rings is 1. The molecule has 0 aliphatic carbocycles. The summed E-state index contributed by atoms with van der Waals surface area (Å²) in [5.74, 6) is 0.996. The number of nitrogens with two attached hydrogens (primary N) is 1. The van der Waals surface area contributed by atoms with Gasteiger partial charge in [0.2, 0.25) is 0 Å². The van der Waals surface area contributed by atoms with Gasteiger partial charge in [-0.3, -0.25) is 4.40 Å². The molecule has 1 aromatic carbocycles. The van der Waals surface area contributed by atoms with Crippen LogP contribution in [0.3, 0.4) is 0 Å². The fourth-order valence-corrected chi connectivity index (χ4v) is 3.09. The van der Waals surface area contributed by atoms with Crippen LogP contribution in [-0.4, -0.2) is 23.0 Å². The SMILES string of the molecule is CN(CCc1ccccc1)c1nc2sccn2c1CN. The summed E-state index contributed by atoms with van der Waals surface area (Å²) in [6.07, 6.45) is 3.04. The van der Waals surface area contributed by atoms with E-state index < -0.39 is 0 Å². The Morgan fingerprint density at radius 1 is 1.30 bits per heavy atom. The molecule has 3 aromatic rings. The molecule has 0 fully saturated rings. The van der Waals surface area contributed by atoms with Gasteiger partial charge in [-0.25, -0.2) is 4.98 Å². The maximum Gasteiger partial charge on any atom is 0.195 e. The Labute approximate surface area is 122 Å². The first-order chi connectivity index (χ1) is 9.79. The van der Waals surface area contributed by atoms with Crippen molar-refractivity contribution in [2.24, 2.45) is 5.73 Å². The maximum absolute atomic E-state index is 5.88. The fourth-order valence-electron chi connectivity index (χ4n) is 2.36. The summed E-state index contributed by atoms with van der Waals surface area (Å²) in [4.78, 5) is 7.88. The molecule has 2 heterocycles. The summed E-state index contributed by atoms with van der Waals surface area (Å²) in [6.45, 7) is 1.44. The molecular weight excluding hydrogens is 268 g/mol.